The van der Waals surface area contributed by atoms with Crippen molar-refractivity contribution in [3.05, 3.63) is 65.2 Å². The smallest absolute Gasteiger partial charge is 0.331 e. The number of carbonyl (C=O) groups excluding carboxylic acids is 2. The number of benzene rings is 2. The van der Waals surface area contributed by atoms with Crippen LogP contribution in [0.4, 0.5) is 0 Å². The van der Waals surface area contributed by atoms with Crippen LogP contribution < -0.4 is 9.47 Å². The molecule has 0 amide bonds. The van der Waals surface area contributed by atoms with E-state index < -0.39 is 5.97 Å². The van der Waals surface area contributed by atoms with Crippen LogP contribution in [-0.2, 0) is 16.0 Å². The summed E-state index contributed by atoms with van der Waals surface area (Å²) in [6.07, 6.45) is 4.87. The van der Waals surface area contributed by atoms with E-state index in [0.717, 1.165) is 12.8 Å². The number of ketones is 1. The minimum atomic E-state index is -0.594. The number of hydrogen-bond donors (Lipinski definition) is 0. The van der Waals surface area contributed by atoms with E-state index in [4.69, 9.17) is 14.2 Å². The Kier molecular flexibility index (Phi) is 7.62. The standard InChI is InChI=1S/C22H24O5/c1-4-5-16-6-8-17(9-7-16)20(23)15-27-22(24)13-11-18-10-12-19(25-2)14-21(18)26-3/h6-14H,4-5,15H2,1-3H3/b13-11+. The van der Waals surface area contributed by atoms with Gasteiger partial charge in [0.25, 0.3) is 0 Å². The molecule has 0 aromatic heterocycles. The summed E-state index contributed by atoms with van der Waals surface area (Å²) in [6.45, 7) is 1.81. The van der Waals surface area contributed by atoms with E-state index in [2.05, 4.69) is 6.92 Å². The molecule has 2 rings (SSSR count). The van der Waals surface area contributed by atoms with E-state index in [1.807, 2.05) is 12.1 Å². The SMILES string of the molecule is CCCc1ccc(C(=O)COC(=O)/C=C/c2ccc(OC)cc2OC)cc1. The third kappa shape index (κ3) is 5.99. The average Bonchev–Trinajstić information content (AvgIpc) is 2.71. The van der Waals surface area contributed by atoms with Gasteiger partial charge in [0.2, 0.25) is 0 Å². The summed E-state index contributed by atoms with van der Waals surface area (Å²) < 4.78 is 15.4. The fraction of sp³-hybridized carbons (Fsp3) is 0.273. The lowest BCUT2D eigenvalue weighted by Crippen LogP contribution is -2.12. The maximum absolute atomic E-state index is 12.1. The van der Waals surface area contributed by atoms with Crippen LogP contribution >= 0.6 is 0 Å². The minimum Gasteiger partial charge on any atom is -0.497 e. The molecule has 2 aromatic rings. The quantitative estimate of drug-likeness (QED) is 0.379. The van der Waals surface area contributed by atoms with E-state index in [-0.39, 0.29) is 12.4 Å². The van der Waals surface area contributed by atoms with Crippen molar-refractivity contribution < 1.29 is 23.8 Å². The number of methoxy groups -OCH3 is 2. The van der Waals surface area contributed by atoms with E-state index in [1.165, 1.54) is 18.7 Å². The lowest BCUT2D eigenvalue weighted by atomic mass is 10.1. The van der Waals surface area contributed by atoms with Crippen LogP contribution in [0.2, 0.25) is 0 Å². The van der Waals surface area contributed by atoms with Gasteiger partial charge in [-0.2, -0.15) is 0 Å². The van der Waals surface area contributed by atoms with Crippen molar-refractivity contribution >= 4 is 17.8 Å². The van der Waals surface area contributed by atoms with Crippen molar-refractivity contribution in [3.63, 3.8) is 0 Å². The topological polar surface area (TPSA) is 61.8 Å². The molecule has 0 bridgehead atoms. The van der Waals surface area contributed by atoms with E-state index in [0.29, 0.717) is 22.6 Å². The molecule has 142 valence electrons. The maximum Gasteiger partial charge on any atom is 0.331 e. The molecule has 2 aromatic carbocycles. The Bertz CT molecular complexity index is 806. The third-order valence-corrected chi connectivity index (χ3v) is 4.00. The largest absolute Gasteiger partial charge is 0.497 e. The van der Waals surface area contributed by atoms with Gasteiger partial charge >= 0.3 is 5.97 Å². The number of hydrogen-bond acceptors (Lipinski definition) is 5. The lowest BCUT2D eigenvalue weighted by molar-refractivity contribution is -0.136. The number of carbonyl (C=O) groups is 2. The fourth-order valence-electron chi connectivity index (χ4n) is 2.53. The molecule has 0 saturated carbocycles. The van der Waals surface area contributed by atoms with Crippen molar-refractivity contribution in [3.8, 4) is 11.5 Å². The molecule has 0 radical (unpaired) electrons. The van der Waals surface area contributed by atoms with Crippen molar-refractivity contribution in [2.75, 3.05) is 20.8 Å². The van der Waals surface area contributed by atoms with Crippen molar-refractivity contribution in [2.45, 2.75) is 19.8 Å². The molecule has 0 atom stereocenters. The molecule has 0 aliphatic carbocycles. The highest BCUT2D eigenvalue weighted by Crippen LogP contribution is 2.25. The normalized spacial score (nSPS) is 10.6. The summed E-state index contributed by atoms with van der Waals surface area (Å²) in [5, 5.41) is 0. The number of esters is 1. The average molecular weight is 368 g/mol. The van der Waals surface area contributed by atoms with Crippen LogP contribution in [0.25, 0.3) is 6.08 Å². The molecular weight excluding hydrogens is 344 g/mol. The van der Waals surface area contributed by atoms with Gasteiger partial charge in [-0.15, -0.1) is 0 Å². The van der Waals surface area contributed by atoms with Crippen molar-refractivity contribution in [2.24, 2.45) is 0 Å². The van der Waals surface area contributed by atoms with Crippen LogP contribution in [0.5, 0.6) is 11.5 Å². The van der Waals surface area contributed by atoms with Gasteiger partial charge in [0.15, 0.2) is 12.4 Å². The fourth-order valence-corrected chi connectivity index (χ4v) is 2.53. The highest BCUT2D eigenvalue weighted by Gasteiger charge is 2.09. The first-order chi connectivity index (χ1) is 13.1. The lowest BCUT2D eigenvalue weighted by Gasteiger charge is -2.07. The number of ether oxygens (including phenoxy) is 3. The molecule has 0 spiro atoms. The van der Waals surface area contributed by atoms with Gasteiger partial charge in [-0.25, -0.2) is 4.79 Å². The second-order valence-electron chi connectivity index (χ2n) is 5.92. The molecule has 5 nitrogen and oxygen atoms in total. The molecule has 0 unspecified atom stereocenters. The van der Waals surface area contributed by atoms with Crippen LogP contribution in [0.3, 0.4) is 0 Å². The molecule has 27 heavy (non-hydrogen) atoms. The van der Waals surface area contributed by atoms with Crippen molar-refractivity contribution in [1.82, 2.24) is 0 Å². The predicted octanol–water partition coefficient (Wildman–Crippen LogP) is 4.10. The minimum absolute atomic E-state index is 0.234. The van der Waals surface area contributed by atoms with Gasteiger partial charge < -0.3 is 14.2 Å². The van der Waals surface area contributed by atoms with E-state index >= 15 is 0 Å². The molecule has 0 saturated heterocycles. The Hall–Kier alpha value is -3.08. The summed E-state index contributed by atoms with van der Waals surface area (Å²) in [4.78, 5) is 24.0. The zero-order chi connectivity index (χ0) is 19.6. The highest BCUT2D eigenvalue weighted by molar-refractivity contribution is 5.99. The Morgan fingerprint density at radius 3 is 2.37 bits per heavy atom. The second-order valence-corrected chi connectivity index (χ2v) is 5.92. The summed E-state index contributed by atoms with van der Waals surface area (Å²) in [5.41, 5.74) is 2.42. The summed E-state index contributed by atoms with van der Waals surface area (Å²) in [7, 11) is 3.10. The van der Waals surface area contributed by atoms with Crippen LogP contribution in [0.1, 0.15) is 34.8 Å². The van der Waals surface area contributed by atoms with Gasteiger partial charge in [-0.3, -0.25) is 4.79 Å². The summed E-state index contributed by atoms with van der Waals surface area (Å²) >= 11 is 0. The van der Waals surface area contributed by atoms with Crippen LogP contribution in [-0.4, -0.2) is 32.6 Å². The van der Waals surface area contributed by atoms with E-state index in [1.54, 1.807) is 43.5 Å². The van der Waals surface area contributed by atoms with Gasteiger partial charge in [0.05, 0.1) is 14.2 Å². The number of Topliss-reactive ketones (excluding diaryl/α,β-unsaturated/α-hetero) is 1. The zero-order valence-electron chi connectivity index (χ0n) is 15.9. The monoisotopic (exact) mass is 368 g/mol. The third-order valence-electron chi connectivity index (χ3n) is 4.00. The van der Waals surface area contributed by atoms with Gasteiger partial charge in [-0.05, 0) is 30.2 Å². The number of aryl methyl sites for hydroxylation is 1. The molecule has 0 heterocycles. The van der Waals surface area contributed by atoms with E-state index in [9.17, 15) is 9.59 Å². The molecule has 0 N–H and O–H groups in total. The number of rotatable bonds is 9. The van der Waals surface area contributed by atoms with Crippen molar-refractivity contribution in [1.29, 1.82) is 0 Å². The molecular formula is C22H24O5. The molecule has 0 aliphatic heterocycles. The van der Waals surface area contributed by atoms with Crippen LogP contribution in [0.15, 0.2) is 48.5 Å². The Morgan fingerprint density at radius 2 is 1.74 bits per heavy atom. The van der Waals surface area contributed by atoms with Gasteiger partial charge in [0.1, 0.15) is 11.5 Å². The van der Waals surface area contributed by atoms with Gasteiger partial charge in [-0.1, -0.05) is 37.6 Å². The molecule has 0 aliphatic rings. The first kappa shape index (κ1) is 20.2. The molecule has 0 fully saturated rings. The predicted molar refractivity (Wildman–Crippen MR) is 104 cm³/mol. The first-order valence-corrected chi connectivity index (χ1v) is 8.76. The highest BCUT2D eigenvalue weighted by atomic mass is 16.5. The summed E-state index contributed by atoms with van der Waals surface area (Å²) in [5.74, 6) is 0.398. The Morgan fingerprint density at radius 1 is 1.00 bits per heavy atom. The second kappa shape index (κ2) is 10.2. The van der Waals surface area contributed by atoms with Gasteiger partial charge in [0, 0.05) is 23.3 Å². The van der Waals surface area contributed by atoms with Crippen LogP contribution in [0, 0.1) is 0 Å². The zero-order valence-corrected chi connectivity index (χ0v) is 15.9. The summed E-state index contributed by atoms with van der Waals surface area (Å²) in [6, 6.07) is 12.6. The Balaban J connectivity index is 1.92. The molecule has 5 heteroatoms. The Labute approximate surface area is 159 Å². The first-order valence-electron chi connectivity index (χ1n) is 8.76. The maximum atomic E-state index is 12.1.